The molecule has 2 nitrogen and oxygen atoms in total. The summed E-state index contributed by atoms with van der Waals surface area (Å²) >= 11 is 6.73. The van der Waals surface area contributed by atoms with Gasteiger partial charge in [0.05, 0.1) is 13.2 Å². The molecule has 0 unspecified atom stereocenters. The lowest BCUT2D eigenvalue weighted by atomic mass is 10.1. The summed E-state index contributed by atoms with van der Waals surface area (Å²) in [6.45, 7) is 3.44. The van der Waals surface area contributed by atoms with Crippen LogP contribution in [-0.4, -0.2) is 11.6 Å². The van der Waals surface area contributed by atoms with E-state index in [1.165, 1.54) is 16.0 Å². The van der Waals surface area contributed by atoms with E-state index in [0.717, 1.165) is 18.6 Å². The topological polar surface area (TPSA) is 35.2 Å². The molecule has 1 aromatic carbocycles. The molecule has 2 rings (SSSR count). The monoisotopic (exact) mass is 291 g/mol. The van der Waals surface area contributed by atoms with Gasteiger partial charge in [-0.1, -0.05) is 30.4 Å². The van der Waals surface area contributed by atoms with Crippen LogP contribution in [0.5, 0.6) is 0 Å². The van der Waals surface area contributed by atoms with Gasteiger partial charge in [0.15, 0.2) is 0 Å². The molecule has 0 radical (unpaired) electrons. The highest BCUT2D eigenvalue weighted by molar-refractivity contribution is 7.80. The summed E-state index contributed by atoms with van der Waals surface area (Å²) in [5, 5.41) is 2.09. The molecule has 0 saturated carbocycles. The highest BCUT2D eigenvalue weighted by atomic mass is 32.1. The Labute approximate surface area is 123 Å². The molecule has 2 aromatic rings. The lowest BCUT2D eigenvalue weighted by Gasteiger charge is -2.08. The molecule has 1 aromatic heterocycles. The number of nitrogens with two attached hydrogens (primary N) is 1. The molecule has 0 aliphatic rings. The average molecular weight is 291 g/mol. The van der Waals surface area contributed by atoms with Crippen molar-refractivity contribution >= 4 is 28.5 Å². The van der Waals surface area contributed by atoms with Gasteiger partial charge in [-0.15, -0.1) is 11.3 Å². The Morgan fingerprint density at radius 3 is 2.84 bits per heavy atom. The van der Waals surface area contributed by atoms with Gasteiger partial charge in [0.2, 0.25) is 0 Å². The predicted molar refractivity (Wildman–Crippen MR) is 84.7 cm³/mol. The van der Waals surface area contributed by atoms with Gasteiger partial charge in [-0.3, -0.25) is 0 Å². The van der Waals surface area contributed by atoms with Crippen molar-refractivity contribution in [2.24, 2.45) is 5.73 Å². The summed E-state index contributed by atoms with van der Waals surface area (Å²) in [4.78, 5) is 1.80. The molecule has 0 saturated heterocycles. The zero-order chi connectivity index (χ0) is 13.7. The number of hydrogen-bond acceptors (Lipinski definition) is 3. The van der Waals surface area contributed by atoms with E-state index in [0.29, 0.717) is 11.6 Å². The van der Waals surface area contributed by atoms with Crippen molar-refractivity contribution in [2.45, 2.75) is 20.0 Å². The largest absolute Gasteiger partial charge is 0.389 e. The fourth-order valence-corrected chi connectivity index (χ4v) is 2.64. The van der Waals surface area contributed by atoms with Crippen molar-refractivity contribution in [3.05, 3.63) is 57.3 Å². The zero-order valence-corrected chi connectivity index (χ0v) is 12.5. The minimum atomic E-state index is 0.438. The number of aryl methyl sites for hydroxylation is 1. The summed E-state index contributed by atoms with van der Waals surface area (Å²) in [7, 11) is 0. The normalized spacial score (nSPS) is 10.6. The molecular formula is C15H17NOS2. The van der Waals surface area contributed by atoms with E-state index in [4.69, 9.17) is 22.7 Å². The Kier molecular flexibility index (Phi) is 5.07. The fraction of sp³-hybridized carbons (Fsp3) is 0.267. The van der Waals surface area contributed by atoms with E-state index >= 15 is 0 Å². The summed E-state index contributed by atoms with van der Waals surface area (Å²) in [6.07, 6.45) is 0.974. The number of rotatable bonds is 6. The van der Waals surface area contributed by atoms with Gasteiger partial charge in [-0.05, 0) is 35.6 Å². The first-order valence-electron chi connectivity index (χ1n) is 6.16. The van der Waals surface area contributed by atoms with Crippen LogP contribution in [0.1, 0.15) is 21.6 Å². The molecule has 0 fully saturated rings. The van der Waals surface area contributed by atoms with Gasteiger partial charge < -0.3 is 10.5 Å². The Bertz CT molecular complexity index is 549. The van der Waals surface area contributed by atoms with Crippen LogP contribution >= 0.6 is 23.6 Å². The Morgan fingerprint density at radius 1 is 1.37 bits per heavy atom. The van der Waals surface area contributed by atoms with Gasteiger partial charge in [0.1, 0.15) is 4.99 Å². The maximum Gasteiger partial charge on any atom is 0.103 e. The SMILES string of the molecule is Cc1cc(C(N)=S)ccc1COCCc1cccs1. The summed E-state index contributed by atoms with van der Waals surface area (Å²) in [5.74, 6) is 0. The van der Waals surface area contributed by atoms with Crippen molar-refractivity contribution in [1.82, 2.24) is 0 Å². The fourth-order valence-electron chi connectivity index (χ4n) is 1.82. The van der Waals surface area contributed by atoms with Gasteiger partial charge in [-0.25, -0.2) is 0 Å². The van der Waals surface area contributed by atoms with E-state index < -0.39 is 0 Å². The Hall–Kier alpha value is -1.23. The molecule has 100 valence electrons. The first-order chi connectivity index (χ1) is 9.16. The van der Waals surface area contributed by atoms with E-state index in [1.807, 2.05) is 18.2 Å². The molecular weight excluding hydrogens is 274 g/mol. The highest BCUT2D eigenvalue weighted by Gasteiger charge is 2.02. The van der Waals surface area contributed by atoms with Crippen molar-refractivity contribution in [1.29, 1.82) is 0 Å². The standard InChI is InChI=1S/C15H17NOS2/c1-11-9-12(15(16)18)4-5-13(11)10-17-7-6-14-3-2-8-19-14/h2-5,8-9H,6-7,10H2,1H3,(H2,16,18). The number of benzene rings is 1. The van der Waals surface area contributed by atoms with Crippen LogP contribution in [-0.2, 0) is 17.8 Å². The number of hydrogen-bond donors (Lipinski definition) is 1. The third kappa shape index (κ3) is 4.13. The number of thiophene rings is 1. The molecule has 4 heteroatoms. The third-order valence-electron chi connectivity index (χ3n) is 2.96. The smallest absolute Gasteiger partial charge is 0.103 e. The first kappa shape index (κ1) is 14.2. The van der Waals surface area contributed by atoms with Crippen LogP contribution < -0.4 is 5.73 Å². The van der Waals surface area contributed by atoms with Gasteiger partial charge >= 0.3 is 0 Å². The van der Waals surface area contributed by atoms with Gasteiger partial charge in [-0.2, -0.15) is 0 Å². The van der Waals surface area contributed by atoms with Crippen LogP contribution in [0.2, 0.25) is 0 Å². The molecule has 2 N–H and O–H groups in total. The van der Waals surface area contributed by atoms with Crippen LogP contribution in [0.25, 0.3) is 0 Å². The van der Waals surface area contributed by atoms with Gasteiger partial charge in [0.25, 0.3) is 0 Å². The second-order valence-electron chi connectivity index (χ2n) is 4.39. The number of thiocarbonyl (C=S) groups is 1. The minimum Gasteiger partial charge on any atom is -0.389 e. The van der Waals surface area contributed by atoms with E-state index in [9.17, 15) is 0 Å². The number of ether oxygens (including phenoxy) is 1. The molecule has 0 bridgehead atoms. The molecule has 1 heterocycles. The third-order valence-corrected chi connectivity index (χ3v) is 4.13. The lowest BCUT2D eigenvalue weighted by Crippen LogP contribution is -2.10. The second kappa shape index (κ2) is 6.80. The van der Waals surface area contributed by atoms with Crippen LogP contribution in [0.3, 0.4) is 0 Å². The molecule has 0 atom stereocenters. The second-order valence-corrected chi connectivity index (χ2v) is 5.86. The zero-order valence-electron chi connectivity index (χ0n) is 10.9. The summed E-state index contributed by atoms with van der Waals surface area (Å²) in [6, 6.07) is 10.2. The lowest BCUT2D eigenvalue weighted by molar-refractivity contribution is 0.124. The molecule has 0 aliphatic carbocycles. The average Bonchev–Trinajstić information content (AvgIpc) is 2.89. The van der Waals surface area contributed by atoms with E-state index in [1.54, 1.807) is 11.3 Å². The Morgan fingerprint density at radius 2 is 2.21 bits per heavy atom. The first-order valence-corrected chi connectivity index (χ1v) is 7.45. The van der Waals surface area contributed by atoms with Crippen molar-refractivity contribution < 1.29 is 4.74 Å². The van der Waals surface area contributed by atoms with E-state index in [2.05, 4.69) is 24.4 Å². The Balaban J connectivity index is 1.84. The van der Waals surface area contributed by atoms with Crippen LogP contribution in [0, 0.1) is 6.92 Å². The quantitative estimate of drug-likeness (QED) is 0.654. The van der Waals surface area contributed by atoms with Crippen LogP contribution in [0.15, 0.2) is 35.7 Å². The van der Waals surface area contributed by atoms with E-state index in [-0.39, 0.29) is 0 Å². The van der Waals surface area contributed by atoms with Crippen molar-refractivity contribution in [2.75, 3.05) is 6.61 Å². The van der Waals surface area contributed by atoms with Crippen LogP contribution in [0.4, 0.5) is 0 Å². The van der Waals surface area contributed by atoms with Gasteiger partial charge in [0, 0.05) is 16.9 Å². The van der Waals surface area contributed by atoms with Crippen molar-refractivity contribution in [3.8, 4) is 0 Å². The van der Waals surface area contributed by atoms with Crippen molar-refractivity contribution in [3.63, 3.8) is 0 Å². The minimum absolute atomic E-state index is 0.438. The molecule has 0 amide bonds. The summed E-state index contributed by atoms with van der Waals surface area (Å²) < 4.78 is 5.72. The molecule has 19 heavy (non-hydrogen) atoms. The highest BCUT2D eigenvalue weighted by Crippen LogP contribution is 2.13. The summed E-state index contributed by atoms with van der Waals surface area (Å²) in [5.41, 5.74) is 8.88. The maximum absolute atomic E-state index is 5.72. The predicted octanol–water partition coefficient (Wildman–Crippen LogP) is 3.45. The maximum atomic E-state index is 5.72. The molecule has 0 spiro atoms. The molecule has 0 aliphatic heterocycles.